The quantitative estimate of drug-likeness (QED) is 0.828. The van der Waals surface area contributed by atoms with Gasteiger partial charge in [0.1, 0.15) is 12.3 Å². The van der Waals surface area contributed by atoms with Crippen molar-refractivity contribution in [2.24, 2.45) is 0 Å². The minimum absolute atomic E-state index is 0.208. The van der Waals surface area contributed by atoms with Crippen molar-refractivity contribution in [3.8, 4) is 5.75 Å². The first-order valence-corrected chi connectivity index (χ1v) is 8.37. The Labute approximate surface area is 129 Å². The van der Waals surface area contributed by atoms with Gasteiger partial charge < -0.3 is 14.4 Å². The van der Waals surface area contributed by atoms with Gasteiger partial charge in [-0.15, -0.1) is 0 Å². The molecule has 2 N–H and O–H groups in total. The Balaban J connectivity index is 1.84. The summed E-state index contributed by atoms with van der Waals surface area (Å²) in [6, 6.07) is 3.67. The lowest BCUT2D eigenvalue weighted by atomic mass is 10.0. The molecule has 0 atom stereocenters. The Morgan fingerprint density at radius 2 is 1.82 bits per heavy atom. The van der Waals surface area contributed by atoms with Crippen molar-refractivity contribution in [3.63, 3.8) is 0 Å². The Morgan fingerprint density at radius 3 is 2.64 bits per heavy atom. The Hall–Kier alpha value is -1.81. The van der Waals surface area contributed by atoms with Crippen LogP contribution in [0.15, 0.2) is 21.3 Å². The molecule has 1 aromatic carbocycles. The highest BCUT2D eigenvalue weighted by atomic mass is 16.4. The zero-order valence-electron chi connectivity index (χ0n) is 12.8. The average molecular weight is 300 g/mol. The molecule has 1 fully saturated rings. The van der Waals surface area contributed by atoms with Gasteiger partial charge in [0.15, 0.2) is 5.58 Å². The van der Waals surface area contributed by atoms with Crippen molar-refractivity contribution in [2.45, 2.75) is 45.1 Å². The first-order valence-electron chi connectivity index (χ1n) is 8.37. The number of aryl methyl sites for hydroxylation is 1. The van der Waals surface area contributed by atoms with E-state index in [1.54, 1.807) is 6.07 Å². The Bertz CT molecular complexity index is 772. The van der Waals surface area contributed by atoms with Crippen molar-refractivity contribution >= 4 is 11.0 Å². The van der Waals surface area contributed by atoms with Crippen LogP contribution < -0.4 is 10.5 Å². The molecule has 0 unspecified atom stereocenters. The van der Waals surface area contributed by atoms with Crippen LogP contribution in [0, 0.1) is 0 Å². The number of likely N-dealkylation sites (tertiary alicyclic amines) is 1. The van der Waals surface area contributed by atoms with E-state index in [1.807, 2.05) is 6.07 Å². The number of hydrogen-bond donors (Lipinski definition) is 2. The van der Waals surface area contributed by atoms with E-state index in [0.29, 0.717) is 5.58 Å². The molecule has 2 aliphatic rings. The number of benzene rings is 1. The van der Waals surface area contributed by atoms with E-state index in [0.717, 1.165) is 61.0 Å². The van der Waals surface area contributed by atoms with E-state index in [1.165, 1.54) is 24.2 Å². The highest BCUT2D eigenvalue weighted by Gasteiger charge is 2.24. The predicted molar refractivity (Wildman–Crippen MR) is 84.4 cm³/mol. The smallest absolute Gasteiger partial charge is 0.339 e. The summed E-state index contributed by atoms with van der Waals surface area (Å²) >= 11 is 0. The summed E-state index contributed by atoms with van der Waals surface area (Å²) in [7, 11) is 0. The minimum Gasteiger partial charge on any atom is -0.507 e. The van der Waals surface area contributed by atoms with Gasteiger partial charge in [-0.1, -0.05) is 0 Å². The lowest BCUT2D eigenvalue weighted by molar-refractivity contribution is -0.918. The molecule has 22 heavy (non-hydrogen) atoms. The maximum atomic E-state index is 12.2. The van der Waals surface area contributed by atoms with Crippen LogP contribution in [0.3, 0.4) is 0 Å². The first kappa shape index (κ1) is 13.8. The third-order valence-corrected chi connectivity index (χ3v) is 5.21. The number of piperidine rings is 1. The number of fused-ring (bicyclic) bond motifs is 3. The predicted octanol–water partition coefficient (Wildman–Crippen LogP) is 1.56. The largest absolute Gasteiger partial charge is 0.507 e. The maximum Gasteiger partial charge on any atom is 0.339 e. The van der Waals surface area contributed by atoms with Crippen LogP contribution >= 0.6 is 0 Å². The molecular formula is C18H22NO3+. The highest BCUT2D eigenvalue weighted by molar-refractivity contribution is 5.86. The van der Waals surface area contributed by atoms with E-state index in [-0.39, 0.29) is 11.4 Å². The topological polar surface area (TPSA) is 54.9 Å². The fraction of sp³-hybridized carbons (Fsp3) is 0.500. The van der Waals surface area contributed by atoms with Crippen molar-refractivity contribution < 1.29 is 14.4 Å². The molecule has 4 nitrogen and oxygen atoms in total. The van der Waals surface area contributed by atoms with Gasteiger partial charge in [-0.25, -0.2) is 4.79 Å². The van der Waals surface area contributed by atoms with Gasteiger partial charge in [0, 0.05) is 10.9 Å². The van der Waals surface area contributed by atoms with Gasteiger partial charge in [-0.2, -0.15) is 0 Å². The summed E-state index contributed by atoms with van der Waals surface area (Å²) in [5.74, 6) is 0.256. The van der Waals surface area contributed by atoms with E-state index in [2.05, 4.69) is 0 Å². The Morgan fingerprint density at radius 1 is 1.05 bits per heavy atom. The fourth-order valence-electron chi connectivity index (χ4n) is 4.04. The Kier molecular flexibility index (Phi) is 3.41. The molecular weight excluding hydrogens is 278 g/mol. The van der Waals surface area contributed by atoms with E-state index in [9.17, 15) is 9.90 Å². The highest BCUT2D eigenvalue weighted by Crippen LogP contribution is 2.32. The van der Waals surface area contributed by atoms with Crippen molar-refractivity contribution in [2.75, 3.05) is 13.1 Å². The summed E-state index contributed by atoms with van der Waals surface area (Å²) in [5, 5.41) is 11.3. The van der Waals surface area contributed by atoms with Gasteiger partial charge in [-0.05, 0) is 56.2 Å². The van der Waals surface area contributed by atoms with E-state index >= 15 is 0 Å². The van der Waals surface area contributed by atoms with Crippen molar-refractivity contribution in [1.82, 2.24) is 0 Å². The number of hydrogen-bond acceptors (Lipinski definition) is 3. The summed E-state index contributed by atoms with van der Waals surface area (Å²) in [5.41, 5.74) is 3.20. The molecule has 1 aliphatic heterocycles. The maximum absolute atomic E-state index is 12.2. The van der Waals surface area contributed by atoms with E-state index < -0.39 is 0 Å². The minimum atomic E-state index is -0.208. The first-order chi connectivity index (χ1) is 10.7. The van der Waals surface area contributed by atoms with Crippen LogP contribution in [0.5, 0.6) is 5.75 Å². The van der Waals surface area contributed by atoms with E-state index in [4.69, 9.17) is 4.42 Å². The number of aromatic hydroxyl groups is 1. The fourth-order valence-corrected chi connectivity index (χ4v) is 4.04. The second-order valence-electron chi connectivity index (χ2n) is 6.63. The summed E-state index contributed by atoms with van der Waals surface area (Å²) in [6.07, 6.45) is 6.56. The molecule has 116 valence electrons. The normalized spacial score (nSPS) is 18.7. The SMILES string of the molecule is O=c1oc2c(C[NH+]3CCCCC3)c(O)ccc2c2c1CCC2. The molecule has 4 rings (SSSR count). The van der Waals surface area contributed by atoms with Gasteiger partial charge in [0.25, 0.3) is 0 Å². The molecule has 1 aliphatic carbocycles. The number of phenols is 1. The monoisotopic (exact) mass is 300 g/mol. The zero-order chi connectivity index (χ0) is 15.1. The van der Waals surface area contributed by atoms with Crippen molar-refractivity contribution in [3.05, 3.63) is 39.2 Å². The van der Waals surface area contributed by atoms with Gasteiger partial charge in [-0.3, -0.25) is 0 Å². The lowest BCUT2D eigenvalue weighted by Crippen LogP contribution is -3.11. The molecule has 1 saturated heterocycles. The van der Waals surface area contributed by atoms with Gasteiger partial charge in [0.2, 0.25) is 0 Å². The zero-order valence-corrected chi connectivity index (χ0v) is 12.8. The molecule has 1 aromatic heterocycles. The summed E-state index contributed by atoms with van der Waals surface area (Å²) in [6.45, 7) is 3.00. The molecule has 0 radical (unpaired) electrons. The summed E-state index contributed by atoms with van der Waals surface area (Å²) in [4.78, 5) is 13.7. The van der Waals surface area contributed by atoms with Crippen LogP contribution in [0.25, 0.3) is 11.0 Å². The molecule has 2 aromatic rings. The summed E-state index contributed by atoms with van der Waals surface area (Å²) < 4.78 is 5.63. The number of phenolic OH excluding ortho intramolecular Hbond substituents is 1. The molecule has 0 bridgehead atoms. The van der Waals surface area contributed by atoms with Crippen LogP contribution in [0.1, 0.15) is 42.4 Å². The molecule has 0 spiro atoms. The van der Waals surface area contributed by atoms with Crippen LogP contribution in [-0.4, -0.2) is 18.2 Å². The third kappa shape index (κ3) is 2.22. The second kappa shape index (κ2) is 5.43. The molecule has 4 heteroatoms. The molecule has 0 saturated carbocycles. The number of quaternary nitrogens is 1. The molecule has 2 heterocycles. The average Bonchev–Trinajstić information content (AvgIpc) is 3.02. The lowest BCUT2D eigenvalue weighted by Gasteiger charge is -2.24. The number of nitrogens with one attached hydrogen (secondary N) is 1. The molecule has 0 amide bonds. The van der Waals surface area contributed by atoms with Crippen molar-refractivity contribution in [1.29, 1.82) is 0 Å². The van der Waals surface area contributed by atoms with Crippen LogP contribution in [0.4, 0.5) is 0 Å². The van der Waals surface area contributed by atoms with Crippen LogP contribution in [0.2, 0.25) is 0 Å². The third-order valence-electron chi connectivity index (χ3n) is 5.21. The van der Waals surface area contributed by atoms with Crippen LogP contribution in [-0.2, 0) is 19.4 Å². The standard InChI is InChI=1S/C18H21NO3/c20-16-8-7-13-12-5-4-6-14(12)18(21)22-17(13)15(16)11-19-9-2-1-3-10-19/h7-8,20H,1-6,9-11H2/p+1. The van der Waals surface area contributed by atoms with Gasteiger partial charge >= 0.3 is 5.63 Å². The number of rotatable bonds is 2. The second-order valence-corrected chi connectivity index (χ2v) is 6.63. The van der Waals surface area contributed by atoms with Gasteiger partial charge in [0.05, 0.1) is 18.7 Å².